The van der Waals surface area contributed by atoms with E-state index < -0.39 is 0 Å². The zero-order valence-electron chi connectivity index (χ0n) is 11.4. The summed E-state index contributed by atoms with van der Waals surface area (Å²) in [5.41, 5.74) is 1.04. The van der Waals surface area contributed by atoms with Crippen molar-refractivity contribution in [3.05, 3.63) is 16.1 Å². The van der Waals surface area contributed by atoms with Gasteiger partial charge in [0.05, 0.1) is 22.8 Å². The van der Waals surface area contributed by atoms with Crippen LogP contribution in [0.1, 0.15) is 30.5 Å². The molecule has 5 nitrogen and oxygen atoms in total. The SMILES string of the molecule is Cc1nc(CCNC(=O)N[C@H](C)[C@@H]2CCCO2)cs1. The number of aryl methyl sites for hydroxylation is 1. The molecule has 106 valence electrons. The zero-order chi connectivity index (χ0) is 13.7. The number of carbonyl (C=O) groups excluding carboxylic acids is 1. The average molecular weight is 283 g/mol. The van der Waals surface area contributed by atoms with Gasteiger partial charge in [0.2, 0.25) is 0 Å². The van der Waals surface area contributed by atoms with Crippen LogP contribution >= 0.6 is 11.3 Å². The maximum Gasteiger partial charge on any atom is 0.315 e. The first-order valence-electron chi connectivity index (χ1n) is 6.72. The molecule has 0 radical (unpaired) electrons. The molecule has 2 amide bonds. The van der Waals surface area contributed by atoms with E-state index in [0.29, 0.717) is 6.54 Å². The van der Waals surface area contributed by atoms with Gasteiger partial charge < -0.3 is 15.4 Å². The fourth-order valence-corrected chi connectivity index (χ4v) is 2.82. The van der Waals surface area contributed by atoms with E-state index in [1.165, 1.54) is 0 Å². The highest BCUT2D eigenvalue weighted by molar-refractivity contribution is 7.09. The fourth-order valence-electron chi connectivity index (χ4n) is 2.17. The highest BCUT2D eigenvalue weighted by Gasteiger charge is 2.23. The summed E-state index contributed by atoms with van der Waals surface area (Å²) in [7, 11) is 0. The maximum atomic E-state index is 11.7. The lowest BCUT2D eigenvalue weighted by Gasteiger charge is -2.20. The number of urea groups is 1. The average Bonchev–Trinajstić information content (AvgIpc) is 3.00. The van der Waals surface area contributed by atoms with Gasteiger partial charge in [-0.3, -0.25) is 0 Å². The number of aromatic nitrogens is 1. The molecule has 2 heterocycles. The van der Waals surface area contributed by atoms with Crippen molar-refractivity contribution in [2.45, 2.75) is 45.3 Å². The molecule has 0 unspecified atom stereocenters. The molecule has 1 saturated heterocycles. The van der Waals surface area contributed by atoms with Crippen LogP contribution < -0.4 is 10.6 Å². The third-order valence-corrected chi connectivity index (χ3v) is 4.04. The summed E-state index contributed by atoms with van der Waals surface area (Å²) in [4.78, 5) is 16.1. The minimum absolute atomic E-state index is 0.0593. The standard InChI is InChI=1S/C13H21N3O2S/c1-9(12-4-3-7-18-12)15-13(17)14-6-5-11-8-19-10(2)16-11/h8-9,12H,3-7H2,1-2H3,(H2,14,15,17)/t9-,12+/m1/s1. The molecule has 2 N–H and O–H groups in total. The van der Waals surface area contributed by atoms with Crippen LogP contribution in [0.3, 0.4) is 0 Å². The number of hydrogen-bond acceptors (Lipinski definition) is 4. The largest absolute Gasteiger partial charge is 0.376 e. The second-order valence-corrected chi connectivity index (χ2v) is 5.91. The molecule has 0 aromatic carbocycles. The highest BCUT2D eigenvalue weighted by Crippen LogP contribution is 2.15. The van der Waals surface area contributed by atoms with E-state index in [0.717, 1.165) is 36.6 Å². The Morgan fingerprint density at radius 2 is 2.53 bits per heavy atom. The molecular weight excluding hydrogens is 262 g/mol. The second kappa shape index (κ2) is 6.86. The summed E-state index contributed by atoms with van der Waals surface area (Å²) in [6.45, 7) is 5.38. The lowest BCUT2D eigenvalue weighted by molar-refractivity contribution is 0.0860. The first kappa shape index (κ1) is 14.3. The van der Waals surface area contributed by atoms with Gasteiger partial charge in [0.1, 0.15) is 0 Å². The van der Waals surface area contributed by atoms with E-state index in [4.69, 9.17) is 4.74 Å². The summed E-state index contributed by atoms with van der Waals surface area (Å²) in [6, 6.07) is -0.0704. The Hall–Kier alpha value is -1.14. The number of rotatable bonds is 5. The van der Waals surface area contributed by atoms with Crippen molar-refractivity contribution in [3.8, 4) is 0 Å². The lowest BCUT2D eigenvalue weighted by atomic mass is 10.1. The number of nitrogens with zero attached hydrogens (tertiary/aromatic N) is 1. The molecule has 0 aliphatic carbocycles. The van der Waals surface area contributed by atoms with Crippen LogP contribution in [-0.4, -0.2) is 36.3 Å². The molecular formula is C13H21N3O2S. The molecule has 1 aromatic rings. The summed E-state index contributed by atoms with van der Waals surface area (Å²) < 4.78 is 5.54. The van der Waals surface area contributed by atoms with E-state index in [2.05, 4.69) is 15.6 Å². The third-order valence-electron chi connectivity index (χ3n) is 3.21. The quantitative estimate of drug-likeness (QED) is 0.867. The smallest absolute Gasteiger partial charge is 0.315 e. The van der Waals surface area contributed by atoms with Crippen molar-refractivity contribution in [1.29, 1.82) is 0 Å². The Balaban J connectivity index is 1.64. The van der Waals surface area contributed by atoms with Gasteiger partial charge in [-0.15, -0.1) is 11.3 Å². The van der Waals surface area contributed by atoms with Gasteiger partial charge in [0, 0.05) is 25.0 Å². The van der Waals surface area contributed by atoms with Crippen molar-refractivity contribution in [2.75, 3.05) is 13.2 Å². The van der Waals surface area contributed by atoms with E-state index in [-0.39, 0.29) is 18.2 Å². The van der Waals surface area contributed by atoms with E-state index in [1.54, 1.807) is 11.3 Å². The predicted octanol–water partition coefficient (Wildman–Crippen LogP) is 1.86. The minimum Gasteiger partial charge on any atom is -0.376 e. The molecule has 1 aromatic heterocycles. The molecule has 2 rings (SSSR count). The van der Waals surface area contributed by atoms with Gasteiger partial charge in [0.25, 0.3) is 0 Å². The molecule has 0 spiro atoms. The number of hydrogen-bond donors (Lipinski definition) is 2. The van der Waals surface area contributed by atoms with Crippen LogP contribution in [0, 0.1) is 6.92 Å². The number of amides is 2. The molecule has 0 saturated carbocycles. The van der Waals surface area contributed by atoms with Gasteiger partial charge in [-0.2, -0.15) is 0 Å². The Labute approximate surface area is 117 Å². The third kappa shape index (κ3) is 4.47. The van der Waals surface area contributed by atoms with Crippen LogP contribution in [0.2, 0.25) is 0 Å². The van der Waals surface area contributed by atoms with E-state index in [1.807, 2.05) is 19.2 Å². The molecule has 0 bridgehead atoms. The number of nitrogens with one attached hydrogen (secondary N) is 2. The summed E-state index contributed by atoms with van der Waals surface area (Å²) >= 11 is 1.63. The van der Waals surface area contributed by atoms with Gasteiger partial charge in [-0.1, -0.05) is 0 Å². The van der Waals surface area contributed by atoms with Gasteiger partial charge in [-0.25, -0.2) is 9.78 Å². The molecule has 19 heavy (non-hydrogen) atoms. The fraction of sp³-hybridized carbons (Fsp3) is 0.692. The van der Waals surface area contributed by atoms with Crippen molar-refractivity contribution in [2.24, 2.45) is 0 Å². The minimum atomic E-state index is -0.130. The molecule has 6 heteroatoms. The normalized spacial score (nSPS) is 20.2. The van der Waals surface area contributed by atoms with Crippen molar-refractivity contribution in [1.82, 2.24) is 15.6 Å². The van der Waals surface area contributed by atoms with Gasteiger partial charge in [-0.05, 0) is 26.7 Å². The zero-order valence-corrected chi connectivity index (χ0v) is 12.3. The number of carbonyl (C=O) groups is 1. The van der Waals surface area contributed by atoms with Crippen molar-refractivity contribution < 1.29 is 9.53 Å². The molecule has 1 fully saturated rings. The molecule has 1 aliphatic rings. The highest BCUT2D eigenvalue weighted by atomic mass is 32.1. The van der Waals surface area contributed by atoms with Crippen LogP contribution in [0.4, 0.5) is 4.79 Å². The molecule has 1 aliphatic heterocycles. The first-order chi connectivity index (χ1) is 9.15. The van der Waals surface area contributed by atoms with Crippen LogP contribution in [0.15, 0.2) is 5.38 Å². The maximum absolute atomic E-state index is 11.7. The van der Waals surface area contributed by atoms with Crippen molar-refractivity contribution in [3.63, 3.8) is 0 Å². The van der Waals surface area contributed by atoms with Crippen LogP contribution in [-0.2, 0) is 11.2 Å². The van der Waals surface area contributed by atoms with E-state index in [9.17, 15) is 4.79 Å². The summed E-state index contributed by atoms with van der Waals surface area (Å²) in [5, 5.41) is 8.87. The molecule has 2 atom stereocenters. The Bertz CT molecular complexity index is 416. The van der Waals surface area contributed by atoms with Gasteiger partial charge >= 0.3 is 6.03 Å². The second-order valence-electron chi connectivity index (χ2n) is 4.85. The number of ether oxygens (including phenoxy) is 1. The van der Waals surface area contributed by atoms with Gasteiger partial charge in [0.15, 0.2) is 0 Å². The Morgan fingerprint density at radius 1 is 1.68 bits per heavy atom. The van der Waals surface area contributed by atoms with E-state index >= 15 is 0 Å². The summed E-state index contributed by atoms with van der Waals surface area (Å²) in [5.74, 6) is 0. The lowest BCUT2D eigenvalue weighted by Crippen LogP contribution is -2.46. The van der Waals surface area contributed by atoms with Crippen LogP contribution in [0.5, 0.6) is 0 Å². The number of thiazole rings is 1. The Kier molecular flexibility index (Phi) is 5.15. The monoisotopic (exact) mass is 283 g/mol. The summed E-state index contributed by atoms with van der Waals surface area (Å²) in [6.07, 6.45) is 3.04. The first-order valence-corrected chi connectivity index (χ1v) is 7.60. The predicted molar refractivity (Wildman–Crippen MR) is 75.5 cm³/mol. The van der Waals surface area contributed by atoms with Crippen molar-refractivity contribution >= 4 is 17.4 Å². The Morgan fingerprint density at radius 3 is 3.16 bits per heavy atom. The topological polar surface area (TPSA) is 63.2 Å². The van der Waals surface area contributed by atoms with Crippen LogP contribution in [0.25, 0.3) is 0 Å².